The number of rotatable bonds is 68. The van der Waals surface area contributed by atoms with E-state index in [4.69, 9.17) is 14.2 Å². The molecule has 0 bridgehead atoms. The van der Waals surface area contributed by atoms with Crippen molar-refractivity contribution in [3.63, 3.8) is 0 Å². The standard InChI is InChI=1S/C72H140O6/c1-4-7-10-13-16-19-21-23-25-27-29-31-32-33-34-35-36-37-38-39-40-42-43-45-47-49-51-53-56-59-62-65-71(74)77-68-69(67-76-70(73)64-61-58-55-18-15-12-9-6-3)78-72(75)66-63-60-57-54-52-50-48-46-44-41-30-28-26-24-22-20-17-14-11-8-5-2/h69H,4-68H2,1-3H3. The minimum atomic E-state index is -0.762. The second-order valence-electron chi connectivity index (χ2n) is 24.9. The Labute approximate surface area is 488 Å². The minimum Gasteiger partial charge on any atom is -0.462 e. The van der Waals surface area contributed by atoms with Crippen LogP contribution in [-0.4, -0.2) is 37.2 Å². The lowest BCUT2D eigenvalue weighted by Crippen LogP contribution is -2.30. The Morgan fingerprint density at radius 2 is 0.346 bits per heavy atom. The Kier molecular flexibility index (Phi) is 66.5. The quantitative estimate of drug-likeness (QED) is 0.0343. The fraction of sp³-hybridized carbons (Fsp3) is 0.958. The zero-order valence-corrected chi connectivity index (χ0v) is 53.5. The Bertz CT molecular complexity index is 1170. The largest absolute Gasteiger partial charge is 0.462 e. The van der Waals surface area contributed by atoms with E-state index in [2.05, 4.69) is 20.8 Å². The summed E-state index contributed by atoms with van der Waals surface area (Å²) in [5, 5.41) is 0. The molecule has 0 heterocycles. The first-order valence-electron chi connectivity index (χ1n) is 36.0. The van der Waals surface area contributed by atoms with Gasteiger partial charge in [-0.05, 0) is 19.3 Å². The molecule has 0 spiro atoms. The molecule has 464 valence electrons. The van der Waals surface area contributed by atoms with E-state index >= 15 is 0 Å². The monoisotopic (exact) mass is 1100 g/mol. The summed E-state index contributed by atoms with van der Waals surface area (Å²) in [4.78, 5) is 38.2. The lowest BCUT2D eigenvalue weighted by Gasteiger charge is -2.18. The normalized spacial score (nSPS) is 11.9. The van der Waals surface area contributed by atoms with Gasteiger partial charge < -0.3 is 14.2 Å². The van der Waals surface area contributed by atoms with E-state index in [-0.39, 0.29) is 31.1 Å². The van der Waals surface area contributed by atoms with Gasteiger partial charge in [-0.2, -0.15) is 0 Å². The highest BCUT2D eigenvalue weighted by atomic mass is 16.6. The highest BCUT2D eigenvalue weighted by Crippen LogP contribution is 2.20. The molecule has 0 aliphatic heterocycles. The van der Waals surface area contributed by atoms with Crippen molar-refractivity contribution in [2.75, 3.05) is 13.2 Å². The molecule has 0 aromatic carbocycles. The van der Waals surface area contributed by atoms with E-state index in [1.54, 1.807) is 0 Å². The topological polar surface area (TPSA) is 78.9 Å². The number of carbonyl (C=O) groups excluding carboxylic acids is 3. The summed E-state index contributed by atoms with van der Waals surface area (Å²) in [6.07, 6.45) is 80.3. The van der Waals surface area contributed by atoms with Gasteiger partial charge in [0.1, 0.15) is 13.2 Å². The van der Waals surface area contributed by atoms with Gasteiger partial charge in [0.2, 0.25) is 0 Å². The van der Waals surface area contributed by atoms with Gasteiger partial charge in [-0.1, -0.05) is 387 Å². The van der Waals surface area contributed by atoms with E-state index in [0.717, 1.165) is 57.8 Å². The molecule has 0 saturated heterocycles. The third-order valence-corrected chi connectivity index (χ3v) is 16.9. The van der Waals surface area contributed by atoms with Crippen molar-refractivity contribution >= 4 is 17.9 Å². The zero-order valence-electron chi connectivity index (χ0n) is 53.5. The first kappa shape index (κ1) is 76.4. The summed E-state index contributed by atoms with van der Waals surface area (Å²) >= 11 is 0. The SMILES string of the molecule is CCCCCCCCCCCCCCCCCCCCCCCCCCCCCCCCCC(=O)OCC(COC(=O)CCCCCCCCCC)OC(=O)CCCCCCCCCCCCCCCCCCCCCCC. The molecule has 0 saturated carbocycles. The van der Waals surface area contributed by atoms with Gasteiger partial charge in [0.05, 0.1) is 0 Å². The molecular formula is C72H140O6. The number of hydrogen-bond acceptors (Lipinski definition) is 6. The third kappa shape index (κ3) is 65.2. The van der Waals surface area contributed by atoms with Crippen molar-refractivity contribution in [3.8, 4) is 0 Å². The summed E-state index contributed by atoms with van der Waals surface area (Å²) in [5.74, 6) is -0.829. The fourth-order valence-corrected chi connectivity index (χ4v) is 11.5. The lowest BCUT2D eigenvalue weighted by atomic mass is 10.0. The predicted molar refractivity (Wildman–Crippen MR) is 340 cm³/mol. The second kappa shape index (κ2) is 67.9. The van der Waals surface area contributed by atoms with Crippen LogP contribution in [0.3, 0.4) is 0 Å². The Morgan fingerprint density at radius 3 is 0.513 bits per heavy atom. The summed E-state index contributed by atoms with van der Waals surface area (Å²) in [7, 11) is 0. The fourth-order valence-electron chi connectivity index (χ4n) is 11.5. The van der Waals surface area contributed by atoms with Crippen molar-refractivity contribution in [1.82, 2.24) is 0 Å². The van der Waals surface area contributed by atoms with Crippen LogP contribution in [0.4, 0.5) is 0 Å². The van der Waals surface area contributed by atoms with E-state index in [9.17, 15) is 14.4 Å². The summed E-state index contributed by atoms with van der Waals surface area (Å²) < 4.78 is 16.9. The molecule has 6 nitrogen and oxygen atoms in total. The average Bonchev–Trinajstić information content (AvgIpc) is 3.44. The van der Waals surface area contributed by atoms with Gasteiger partial charge in [-0.25, -0.2) is 0 Å². The predicted octanol–water partition coefficient (Wildman–Crippen LogP) is 24.6. The second-order valence-corrected chi connectivity index (χ2v) is 24.9. The van der Waals surface area contributed by atoms with Crippen LogP contribution in [-0.2, 0) is 28.6 Å². The average molecular weight is 1100 g/mol. The van der Waals surface area contributed by atoms with Crippen LogP contribution >= 0.6 is 0 Å². The minimum absolute atomic E-state index is 0.0610. The molecule has 0 aromatic heterocycles. The lowest BCUT2D eigenvalue weighted by molar-refractivity contribution is -0.167. The number of hydrogen-bond donors (Lipinski definition) is 0. The first-order chi connectivity index (χ1) is 38.5. The molecular weight excluding hydrogens is 961 g/mol. The molecule has 0 aliphatic carbocycles. The van der Waals surface area contributed by atoms with Crippen LogP contribution in [0, 0.1) is 0 Å². The molecule has 0 radical (unpaired) electrons. The molecule has 0 fully saturated rings. The molecule has 1 atom stereocenters. The molecule has 6 heteroatoms. The molecule has 0 aliphatic rings. The zero-order chi connectivity index (χ0) is 56.4. The van der Waals surface area contributed by atoms with Crippen molar-refractivity contribution in [2.24, 2.45) is 0 Å². The Balaban J connectivity index is 3.98. The van der Waals surface area contributed by atoms with Crippen molar-refractivity contribution in [2.45, 2.75) is 431 Å². The summed E-state index contributed by atoms with van der Waals surface area (Å²) in [5.41, 5.74) is 0. The summed E-state index contributed by atoms with van der Waals surface area (Å²) in [6, 6.07) is 0. The summed E-state index contributed by atoms with van der Waals surface area (Å²) in [6.45, 7) is 6.71. The van der Waals surface area contributed by atoms with Crippen LogP contribution in [0.1, 0.15) is 425 Å². The molecule has 0 amide bonds. The van der Waals surface area contributed by atoms with E-state index in [0.29, 0.717) is 19.3 Å². The number of carbonyl (C=O) groups is 3. The van der Waals surface area contributed by atoms with Gasteiger partial charge in [0.15, 0.2) is 6.10 Å². The van der Waals surface area contributed by atoms with Gasteiger partial charge in [0.25, 0.3) is 0 Å². The van der Waals surface area contributed by atoms with Crippen LogP contribution in [0.2, 0.25) is 0 Å². The number of unbranched alkanes of at least 4 members (excludes halogenated alkanes) is 57. The van der Waals surface area contributed by atoms with Crippen LogP contribution < -0.4 is 0 Å². The van der Waals surface area contributed by atoms with Gasteiger partial charge in [-0.3, -0.25) is 14.4 Å². The maximum Gasteiger partial charge on any atom is 0.306 e. The highest BCUT2D eigenvalue weighted by molar-refractivity contribution is 5.71. The maximum atomic E-state index is 12.9. The van der Waals surface area contributed by atoms with Gasteiger partial charge >= 0.3 is 17.9 Å². The van der Waals surface area contributed by atoms with Gasteiger partial charge in [-0.15, -0.1) is 0 Å². The van der Waals surface area contributed by atoms with Crippen molar-refractivity contribution in [3.05, 3.63) is 0 Å². The van der Waals surface area contributed by atoms with E-state index in [1.165, 1.54) is 327 Å². The van der Waals surface area contributed by atoms with Gasteiger partial charge in [0, 0.05) is 19.3 Å². The maximum absolute atomic E-state index is 12.9. The Morgan fingerprint density at radius 1 is 0.205 bits per heavy atom. The molecule has 0 N–H and O–H groups in total. The van der Waals surface area contributed by atoms with E-state index < -0.39 is 6.10 Å². The molecule has 0 rings (SSSR count). The van der Waals surface area contributed by atoms with Crippen LogP contribution in [0.5, 0.6) is 0 Å². The molecule has 78 heavy (non-hydrogen) atoms. The van der Waals surface area contributed by atoms with Crippen LogP contribution in [0.25, 0.3) is 0 Å². The highest BCUT2D eigenvalue weighted by Gasteiger charge is 2.20. The first-order valence-corrected chi connectivity index (χ1v) is 36.0. The molecule has 1 unspecified atom stereocenters. The Hall–Kier alpha value is -1.59. The molecule has 0 aromatic rings. The van der Waals surface area contributed by atoms with Crippen LogP contribution in [0.15, 0.2) is 0 Å². The third-order valence-electron chi connectivity index (χ3n) is 16.9. The van der Waals surface area contributed by atoms with E-state index in [1.807, 2.05) is 0 Å². The number of esters is 3. The van der Waals surface area contributed by atoms with Crippen molar-refractivity contribution < 1.29 is 28.6 Å². The van der Waals surface area contributed by atoms with Crippen molar-refractivity contribution in [1.29, 1.82) is 0 Å². The smallest absolute Gasteiger partial charge is 0.306 e. The number of ether oxygens (including phenoxy) is 3.